The number of methoxy groups -OCH3 is 1. The number of rotatable bonds is 8. The Bertz CT molecular complexity index is 1210. The molecule has 0 atom stereocenters. The highest BCUT2D eigenvalue weighted by Crippen LogP contribution is 2.28. The highest BCUT2D eigenvalue weighted by Gasteiger charge is 2.27. The predicted octanol–water partition coefficient (Wildman–Crippen LogP) is 3.24. The lowest BCUT2D eigenvalue weighted by molar-refractivity contribution is 0.0956. The van der Waals surface area contributed by atoms with Crippen molar-refractivity contribution < 1.29 is 17.9 Å². The van der Waals surface area contributed by atoms with Crippen LogP contribution < -0.4 is 15.0 Å². The SMILES string of the molecule is COc1ccccc1N1CCN(S(=O)(=O)CCNC(=O)c2ccc(-c3ccccc3)cc2)CC1. The molecule has 0 aromatic heterocycles. The van der Waals surface area contributed by atoms with E-state index in [2.05, 4.69) is 10.2 Å². The lowest BCUT2D eigenvalue weighted by Gasteiger charge is -2.36. The summed E-state index contributed by atoms with van der Waals surface area (Å²) in [6.07, 6.45) is 0. The Labute approximate surface area is 201 Å². The molecule has 0 spiro atoms. The molecule has 0 aliphatic carbocycles. The van der Waals surface area contributed by atoms with E-state index in [4.69, 9.17) is 4.74 Å². The summed E-state index contributed by atoms with van der Waals surface area (Å²) in [7, 11) is -1.83. The topological polar surface area (TPSA) is 79.0 Å². The maximum absolute atomic E-state index is 12.8. The largest absolute Gasteiger partial charge is 0.495 e. The van der Waals surface area contributed by atoms with Crippen LogP contribution in [0.25, 0.3) is 11.1 Å². The molecule has 0 radical (unpaired) electrons. The Hall–Kier alpha value is -3.36. The van der Waals surface area contributed by atoms with Gasteiger partial charge in [0.2, 0.25) is 10.0 Å². The molecule has 1 aliphatic rings. The van der Waals surface area contributed by atoms with E-state index in [0.29, 0.717) is 31.7 Å². The minimum atomic E-state index is -3.46. The van der Waals surface area contributed by atoms with Crippen molar-refractivity contribution in [3.63, 3.8) is 0 Å². The van der Waals surface area contributed by atoms with Gasteiger partial charge in [0.25, 0.3) is 5.91 Å². The number of carbonyl (C=O) groups is 1. The van der Waals surface area contributed by atoms with Crippen molar-refractivity contribution in [2.24, 2.45) is 0 Å². The van der Waals surface area contributed by atoms with Crippen molar-refractivity contribution in [2.45, 2.75) is 0 Å². The number of hydrogen-bond acceptors (Lipinski definition) is 5. The number of sulfonamides is 1. The highest BCUT2D eigenvalue weighted by molar-refractivity contribution is 7.89. The zero-order valence-electron chi connectivity index (χ0n) is 19.2. The maximum Gasteiger partial charge on any atom is 0.251 e. The van der Waals surface area contributed by atoms with Gasteiger partial charge in [-0.3, -0.25) is 4.79 Å². The molecule has 8 heteroatoms. The van der Waals surface area contributed by atoms with Crippen LogP contribution in [0.2, 0.25) is 0 Å². The molecule has 0 bridgehead atoms. The van der Waals surface area contributed by atoms with E-state index in [1.54, 1.807) is 19.2 Å². The van der Waals surface area contributed by atoms with Crippen LogP contribution in [-0.4, -0.2) is 64.2 Å². The quantitative estimate of drug-likeness (QED) is 0.537. The third-order valence-corrected chi connectivity index (χ3v) is 7.83. The van der Waals surface area contributed by atoms with Crippen LogP contribution in [0, 0.1) is 0 Å². The van der Waals surface area contributed by atoms with Gasteiger partial charge in [-0.15, -0.1) is 0 Å². The van der Waals surface area contributed by atoms with E-state index in [9.17, 15) is 13.2 Å². The maximum atomic E-state index is 12.8. The van der Waals surface area contributed by atoms with E-state index < -0.39 is 10.0 Å². The van der Waals surface area contributed by atoms with Crippen molar-refractivity contribution in [1.82, 2.24) is 9.62 Å². The summed E-state index contributed by atoms with van der Waals surface area (Å²) in [5.41, 5.74) is 3.56. The van der Waals surface area contributed by atoms with E-state index in [1.165, 1.54) is 4.31 Å². The number of hydrogen-bond donors (Lipinski definition) is 1. The van der Waals surface area contributed by atoms with Gasteiger partial charge in [0.15, 0.2) is 0 Å². The number of ether oxygens (including phenoxy) is 1. The van der Waals surface area contributed by atoms with E-state index in [-0.39, 0.29) is 18.2 Å². The number of nitrogens with zero attached hydrogens (tertiary/aromatic N) is 2. The first-order chi connectivity index (χ1) is 16.5. The fraction of sp³-hybridized carbons (Fsp3) is 0.269. The molecular formula is C26H29N3O4S. The van der Waals surface area contributed by atoms with Crippen LogP contribution in [-0.2, 0) is 10.0 Å². The first-order valence-corrected chi connectivity index (χ1v) is 12.9. The molecule has 1 fully saturated rings. The molecule has 4 rings (SSSR count). The zero-order chi connectivity index (χ0) is 24.0. The Kier molecular flexibility index (Phi) is 7.49. The molecule has 178 valence electrons. The van der Waals surface area contributed by atoms with Gasteiger partial charge in [0.05, 0.1) is 18.6 Å². The van der Waals surface area contributed by atoms with Crippen LogP contribution in [0.1, 0.15) is 10.4 Å². The van der Waals surface area contributed by atoms with Gasteiger partial charge in [0.1, 0.15) is 5.75 Å². The van der Waals surface area contributed by atoms with Gasteiger partial charge in [-0.2, -0.15) is 4.31 Å². The summed E-state index contributed by atoms with van der Waals surface area (Å²) < 4.78 is 32.5. The standard InChI is InChI=1S/C26H29N3O4S/c1-33-25-10-6-5-9-24(25)28-16-18-29(19-17-28)34(31,32)20-15-27-26(30)23-13-11-22(12-14-23)21-7-3-2-4-8-21/h2-14H,15-20H2,1H3,(H,27,30). The minimum Gasteiger partial charge on any atom is -0.495 e. The molecule has 1 aliphatic heterocycles. The van der Waals surface area contributed by atoms with Crippen LogP contribution in [0.3, 0.4) is 0 Å². The third-order valence-electron chi connectivity index (χ3n) is 5.96. The smallest absolute Gasteiger partial charge is 0.251 e. The molecule has 3 aromatic carbocycles. The first kappa shape index (κ1) is 23.8. The van der Waals surface area contributed by atoms with Gasteiger partial charge in [0, 0.05) is 38.3 Å². The second-order valence-corrected chi connectivity index (χ2v) is 10.2. The monoisotopic (exact) mass is 479 g/mol. The molecule has 1 N–H and O–H groups in total. The number of anilines is 1. The second kappa shape index (κ2) is 10.7. The van der Waals surface area contributed by atoms with Crippen molar-refractivity contribution in [2.75, 3.05) is 50.5 Å². The number of nitrogens with one attached hydrogen (secondary N) is 1. The number of benzene rings is 3. The van der Waals surface area contributed by atoms with Crippen molar-refractivity contribution in [1.29, 1.82) is 0 Å². The van der Waals surface area contributed by atoms with Crippen molar-refractivity contribution in [3.8, 4) is 16.9 Å². The molecule has 0 unspecified atom stereocenters. The third kappa shape index (κ3) is 5.58. The number of carbonyl (C=O) groups excluding carboxylic acids is 1. The molecule has 34 heavy (non-hydrogen) atoms. The fourth-order valence-electron chi connectivity index (χ4n) is 4.07. The lowest BCUT2D eigenvalue weighted by Crippen LogP contribution is -2.50. The summed E-state index contributed by atoms with van der Waals surface area (Å²) >= 11 is 0. The Morgan fingerprint density at radius 2 is 1.47 bits per heavy atom. The van der Waals surface area contributed by atoms with Gasteiger partial charge in [-0.1, -0.05) is 54.6 Å². The lowest BCUT2D eigenvalue weighted by atomic mass is 10.0. The average Bonchev–Trinajstić information content (AvgIpc) is 2.89. The van der Waals surface area contributed by atoms with E-state index in [1.807, 2.05) is 66.7 Å². The molecule has 1 heterocycles. The van der Waals surface area contributed by atoms with Gasteiger partial charge < -0.3 is 15.0 Å². The summed E-state index contributed by atoms with van der Waals surface area (Å²) in [6, 6.07) is 24.9. The van der Waals surface area contributed by atoms with Crippen molar-refractivity contribution in [3.05, 3.63) is 84.4 Å². The van der Waals surface area contributed by atoms with Gasteiger partial charge in [-0.05, 0) is 35.4 Å². The van der Waals surface area contributed by atoms with Gasteiger partial charge in [-0.25, -0.2) is 8.42 Å². The van der Waals surface area contributed by atoms with Gasteiger partial charge >= 0.3 is 0 Å². The number of amides is 1. The fourth-order valence-corrected chi connectivity index (χ4v) is 5.41. The van der Waals surface area contributed by atoms with E-state index in [0.717, 1.165) is 22.6 Å². The highest BCUT2D eigenvalue weighted by atomic mass is 32.2. The van der Waals surface area contributed by atoms with Crippen LogP contribution in [0.4, 0.5) is 5.69 Å². The molecule has 3 aromatic rings. The average molecular weight is 480 g/mol. The Morgan fingerprint density at radius 1 is 0.853 bits per heavy atom. The summed E-state index contributed by atoms with van der Waals surface area (Å²) in [5, 5.41) is 2.73. The van der Waals surface area contributed by atoms with E-state index >= 15 is 0 Å². The van der Waals surface area contributed by atoms with Crippen LogP contribution >= 0.6 is 0 Å². The Balaban J connectivity index is 1.27. The number of para-hydroxylation sites is 2. The zero-order valence-corrected chi connectivity index (χ0v) is 20.0. The first-order valence-electron chi connectivity index (χ1n) is 11.3. The normalized spacial score (nSPS) is 14.6. The summed E-state index contributed by atoms with van der Waals surface area (Å²) in [5.74, 6) is 0.365. The predicted molar refractivity (Wildman–Crippen MR) is 135 cm³/mol. The molecule has 0 saturated carbocycles. The summed E-state index contributed by atoms with van der Waals surface area (Å²) in [4.78, 5) is 14.6. The summed E-state index contributed by atoms with van der Waals surface area (Å²) in [6.45, 7) is 2.03. The molecule has 1 amide bonds. The molecule has 7 nitrogen and oxygen atoms in total. The molecule has 1 saturated heterocycles. The Morgan fingerprint density at radius 3 is 2.15 bits per heavy atom. The van der Waals surface area contributed by atoms with Crippen molar-refractivity contribution >= 4 is 21.6 Å². The molecular weight excluding hydrogens is 450 g/mol. The van der Waals surface area contributed by atoms with Crippen LogP contribution in [0.5, 0.6) is 5.75 Å². The minimum absolute atomic E-state index is 0.0638. The number of piperazine rings is 1. The second-order valence-electron chi connectivity index (χ2n) is 8.07. The van der Waals surface area contributed by atoms with Crippen LogP contribution in [0.15, 0.2) is 78.9 Å².